The van der Waals surface area contributed by atoms with Crippen molar-refractivity contribution >= 4 is 21.8 Å². The van der Waals surface area contributed by atoms with Gasteiger partial charge >= 0.3 is 0 Å². The van der Waals surface area contributed by atoms with Crippen molar-refractivity contribution in [1.29, 1.82) is 0 Å². The Morgan fingerprint density at radius 1 is 1.47 bits per heavy atom. The molecule has 1 fully saturated rings. The Labute approximate surface area is 113 Å². The van der Waals surface area contributed by atoms with Crippen LogP contribution in [0.1, 0.15) is 40.0 Å². The minimum atomic E-state index is 0.185. The molecule has 1 N–H and O–H groups in total. The van der Waals surface area contributed by atoms with Gasteiger partial charge in [0, 0.05) is 24.4 Å². The molecule has 0 radical (unpaired) electrons. The number of rotatable bonds is 7. The summed E-state index contributed by atoms with van der Waals surface area (Å²) in [6.45, 7) is 6.99. The fourth-order valence-electron chi connectivity index (χ4n) is 2.06. The average Bonchev–Trinajstić information content (AvgIpc) is 2.25. The molecule has 1 rings (SSSR count). The van der Waals surface area contributed by atoms with E-state index in [4.69, 9.17) is 4.74 Å². The minimum absolute atomic E-state index is 0.185. The molecule has 1 aliphatic rings. The SMILES string of the molecule is CCOC1CC(CC(=O)NC(C)C(C)CBr)C1. The van der Waals surface area contributed by atoms with Gasteiger partial charge in [-0.2, -0.15) is 0 Å². The van der Waals surface area contributed by atoms with Gasteiger partial charge < -0.3 is 10.1 Å². The van der Waals surface area contributed by atoms with E-state index in [0.29, 0.717) is 24.4 Å². The Morgan fingerprint density at radius 2 is 2.12 bits per heavy atom. The van der Waals surface area contributed by atoms with Crippen LogP contribution in [0.3, 0.4) is 0 Å². The van der Waals surface area contributed by atoms with Gasteiger partial charge in [-0.1, -0.05) is 22.9 Å². The van der Waals surface area contributed by atoms with E-state index in [1.807, 2.05) is 6.92 Å². The molecule has 0 saturated heterocycles. The zero-order valence-corrected chi connectivity index (χ0v) is 12.6. The number of carbonyl (C=O) groups excluding carboxylic acids is 1. The lowest BCUT2D eigenvalue weighted by Crippen LogP contribution is -2.41. The predicted octanol–water partition coefficient (Wildman–Crippen LogP) is 2.73. The first-order chi connectivity index (χ1) is 8.06. The van der Waals surface area contributed by atoms with Gasteiger partial charge in [-0.3, -0.25) is 4.79 Å². The molecular weight excluding hydrogens is 282 g/mol. The minimum Gasteiger partial charge on any atom is -0.378 e. The molecule has 3 nitrogen and oxygen atoms in total. The van der Waals surface area contributed by atoms with E-state index >= 15 is 0 Å². The lowest BCUT2D eigenvalue weighted by Gasteiger charge is -2.34. The van der Waals surface area contributed by atoms with E-state index in [1.54, 1.807) is 0 Å². The third-order valence-corrected chi connectivity index (χ3v) is 4.58. The van der Waals surface area contributed by atoms with Crippen LogP contribution in [0.4, 0.5) is 0 Å². The normalized spacial score (nSPS) is 27.1. The molecule has 1 saturated carbocycles. The van der Waals surface area contributed by atoms with E-state index in [9.17, 15) is 4.79 Å². The molecule has 0 aromatic rings. The maximum absolute atomic E-state index is 11.8. The number of halogens is 1. The van der Waals surface area contributed by atoms with Crippen LogP contribution in [0.15, 0.2) is 0 Å². The maximum Gasteiger partial charge on any atom is 0.220 e. The van der Waals surface area contributed by atoms with Crippen molar-refractivity contribution in [3.8, 4) is 0 Å². The number of hydrogen-bond donors (Lipinski definition) is 1. The lowest BCUT2D eigenvalue weighted by molar-refractivity contribution is -0.125. The Balaban J connectivity index is 2.14. The number of amides is 1. The molecule has 0 spiro atoms. The van der Waals surface area contributed by atoms with Crippen molar-refractivity contribution < 1.29 is 9.53 Å². The highest BCUT2D eigenvalue weighted by Gasteiger charge is 2.31. The summed E-state index contributed by atoms with van der Waals surface area (Å²) in [5.41, 5.74) is 0. The second-order valence-corrected chi connectivity index (χ2v) is 5.75. The van der Waals surface area contributed by atoms with Crippen molar-refractivity contribution in [1.82, 2.24) is 5.32 Å². The molecule has 1 aliphatic carbocycles. The highest BCUT2D eigenvalue weighted by atomic mass is 79.9. The van der Waals surface area contributed by atoms with E-state index in [-0.39, 0.29) is 11.9 Å². The molecule has 0 bridgehead atoms. The number of carbonyl (C=O) groups is 1. The van der Waals surface area contributed by atoms with Crippen molar-refractivity contribution in [2.75, 3.05) is 11.9 Å². The third-order valence-electron chi connectivity index (χ3n) is 3.55. The molecule has 2 atom stereocenters. The quantitative estimate of drug-likeness (QED) is 0.735. The summed E-state index contributed by atoms with van der Waals surface area (Å²) in [5.74, 6) is 1.18. The molecule has 0 aromatic carbocycles. The maximum atomic E-state index is 11.8. The molecule has 2 unspecified atom stereocenters. The van der Waals surface area contributed by atoms with Crippen molar-refractivity contribution in [3.63, 3.8) is 0 Å². The summed E-state index contributed by atoms with van der Waals surface area (Å²) in [5, 5.41) is 3.99. The number of hydrogen-bond acceptors (Lipinski definition) is 2. The van der Waals surface area contributed by atoms with E-state index in [0.717, 1.165) is 24.8 Å². The molecular formula is C13H24BrNO2. The standard InChI is InChI=1S/C13H24BrNO2/c1-4-17-12-5-11(6-12)7-13(16)15-10(3)9(2)8-14/h9-12H,4-8H2,1-3H3,(H,15,16). The van der Waals surface area contributed by atoms with Crippen LogP contribution in [-0.2, 0) is 9.53 Å². The van der Waals surface area contributed by atoms with Crippen LogP contribution in [-0.4, -0.2) is 30.0 Å². The summed E-state index contributed by atoms with van der Waals surface area (Å²) < 4.78 is 5.49. The van der Waals surface area contributed by atoms with E-state index in [2.05, 4.69) is 35.1 Å². The second-order valence-electron chi connectivity index (χ2n) is 5.11. The first-order valence-corrected chi connectivity index (χ1v) is 7.65. The van der Waals surface area contributed by atoms with Crippen LogP contribution >= 0.6 is 15.9 Å². The zero-order chi connectivity index (χ0) is 12.8. The van der Waals surface area contributed by atoms with Crippen molar-refractivity contribution in [2.45, 2.75) is 52.2 Å². The molecule has 0 aliphatic heterocycles. The smallest absolute Gasteiger partial charge is 0.220 e. The van der Waals surface area contributed by atoms with Gasteiger partial charge in [0.25, 0.3) is 0 Å². The number of nitrogens with one attached hydrogen (secondary N) is 1. The van der Waals surface area contributed by atoms with Crippen LogP contribution in [0.5, 0.6) is 0 Å². The van der Waals surface area contributed by atoms with Gasteiger partial charge in [0.05, 0.1) is 6.10 Å². The molecule has 1 amide bonds. The lowest BCUT2D eigenvalue weighted by atomic mass is 9.80. The fraction of sp³-hybridized carbons (Fsp3) is 0.923. The van der Waals surface area contributed by atoms with Crippen LogP contribution < -0.4 is 5.32 Å². The van der Waals surface area contributed by atoms with Crippen LogP contribution in [0, 0.1) is 11.8 Å². The summed E-state index contributed by atoms with van der Waals surface area (Å²) in [4.78, 5) is 11.8. The molecule has 0 heterocycles. The largest absolute Gasteiger partial charge is 0.378 e. The summed E-state index contributed by atoms with van der Waals surface area (Å²) in [7, 11) is 0. The Kier molecular flexibility index (Phi) is 6.49. The van der Waals surface area contributed by atoms with Gasteiger partial charge in [0.15, 0.2) is 0 Å². The third kappa shape index (κ3) is 4.96. The zero-order valence-electron chi connectivity index (χ0n) is 11.0. The van der Waals surface area contributed by atoms with Gasteiger partial charge in [-0.15, -0.1) is 0 Å². The van der Waals surface area contributed by atoms with E-state index < -0.39 is 0 Å². The first kappa shape index (κ1) is 15.0. The molecule has 17 heavy (non-hydrogen) atoms. The van der Waals surface area contributed by atoms with Gasteiger partial charge in [-0.25, -0.2) is 0 Å². The summed E-state index contributed by atoms with van der Waals surface area (Å²) in [6, 6.07) is 0.240. The second kappa shape index (κ2) is 7.37. The highest BCUT2D eigenvalue weighted by molar-refractivity contribution is 9.09. The van der Waals surface area contributed by atoms with Gasteiger partial charge in [0.1, 0.15) is 0 Å². The highest BCUT2D eigenvalue weighted by Crippen LogP contribution is 2.32. The van der Waals surface area contributed by atoms with E-state index in [1.165, 1.54) is 0 Å². The van der Waals surface area contributed by atoms with Crippen molar-refractivity contribution in [2.24, 2.45) is 11.8 Å². The number of ether oxygens (including phenoxy) is 1. The first-order valence-electron chi connectivity index (χ1n) is 6.53. The predicted molar refractivity (Wildman–Crippen MR) is 73.3 cm³/mol. The Hall–Kier alpha value is -0.0900. The molecule has 4 heteroatoms. The van der Waals surface area contributed by atoms with Crippen molar-refractivity contribution in [3.05, 3.63) is 0 Å². The summed E-state index contributed by atoms with van der Waals surface area (Å²) in [6.07, 6.45) is 3.15. The summed E-state index contributed by atoms with van der Waals surface area (Å²) >= 11 is 3.44. The van der Waals surface area contributed by atoms with Gasteiger partial charge in [0.2, 0.25) is 5.91 Å². The van der Waals surface area contributed by atoms with Crippen LogP contribution in [0.2, 0.25) is 0 Å². The topological polar surface area (TPSA) is 38.3 Å². The molecule has 0 aromatic heterocycles. The molecule has 100 valence electrons. The Morgan fingerprint density at radius 3 is 2.65 bits per heavy atom. The average molecular weight is 306 g/mol. The van der Waals surface area contributed by atoms with Crippen LogP contribution in [0.25, 0.3) is 0 Å². The Bertz CT molecular complexity index is 242. The fourth-order valence-corrected chi connectivity index (χ4v) is 2.62. The monoisotopic (exact) mass is 305 g/mol. The van der Waals surface area contributed by atoms with Gasteiger partial charge in [-0.05, 0) is 38.5 Å². The number of alkyl halides is 1.